The SMILES string of the molecule is CC(C)[Si](C)(C)OCCCC1=CC(OS(=O)(=O)C(F)(F)F)NC(SCC(N)=O)=C1C#N. The number of halogens is 3. The molecular formula is C17H26F3N3O5S2Si. The lowest BCUT2D eigenvalue weighted by Crippen LogP contribution is -2.39. The first-order chi connectivity index (χ1) is 14.1. The van der Waals surface area contributed by atoms with E-state index < -0.39 is 36.1 Å². The van der Waals surface area contributed by atoms with Gasteiger partial charge in [0.05, 0.1) is 16.4 Å². The maximum absolute atomic E-state index is 12.7. The lowest BCUT2D eigenvalue weighted by atomic mass is 10.00. The van der Waals surface area contributed by atoms with Crippen molar-refractivity contribution in [2.45, 2.75) is 57.1 Å². The molecule has 176 valence electrons. The Morgan fingerprint density at radius 1 is 1.42 bits per heavy atom. The van der Waals surface area contributed by atoms with Gasteiger partial charge in [-0.2, -0.15) is 26.9 Å². The Labute approximate surface area is 185 Å². The Morgan fingerprint density at radius 2 is 2.03 bits per heavy atom. The zero-order chi connectivity index (χ0) is 24.0. The van der Waals surface area contributed by atoms with Crippen LogP contribution in [0.5, 0.6) is 0 Å². The van der Waals surface area contributed by atoms with Crippen molar-refractivity contribution in [1.82, 2.24) is 5.32 Å². The van der Waals surface area contributed by atoms with E-state index in [0.29, 0.717) is 24.1 Å². The molecule has 1 heterocycles. The second kappa shape index (κ2) is 10.9. The Morgan fingerprint density at radius 3 is 2.52 bits per heavy atom. The number of amides is 1. The Bertz CT molecular complexity index is 880. The number of nitrogens with two attached hydrogens (primary N) is 1. The number of carbonyl (C=O) groups is 1. The predicted octanol–water partition coefficient (Wildman–Crippen LogP) is 3.07. The molecule has 0 fully saturated rings. The van der Waals surface area contributed by atoms with E-state index in [-0.39, 0.29) is 22.8 Å². The predicted molar refractivity (Wildman–Crippen MR) is 113 cm³/mol. The zero-order valence-electron chi connectivity index (χ0n) is 17.6. The molecule has 0 aromatic rings. The molecule has 0 spiro atoms. The number of nitrogens with one attached hydrogen (secondary N) is 1. The van der Waals surface area contributed by atoms with Crippen molar-refractivity contribution in [1.29, 1.82) is 5.26 Å². The van der Waals surface area contributed by atoms with Crippen LogP contribution in [0.15, 0.2) is 22.3 Å². The normalized spacial score (nSPS) is 17.9. The molecule has 0 saturated carbocycles. The zero-order valence-corrected chi connectivity index (χ0v) is 20.2. The molecule has 0 aromatic heterocycles. The Kier molecular flexibility index (Phi) is 9.64. The van der Waals surface area contributed by atoms with Crippen molar-refractivity contribution in [3.8, 4) is 6.07 Å². The largest absolute Gasteiger partial charge is 0.523 e. The molecule has 1 unspecified atom stereocenters. The fourth-order valence-electron chi connectivity index (χ4n) is 2.25. The molecule has 0 bridgehead atoms. The number of primary amides is 1. The lowest BCUT2D eigenvalue weighted by molar-refractivity contribution is -0.115. The minimum absolute atomic E-state index is 0.0129. The van der Waals surface area contributed by atoms with Gasteiger partial charge in [0.15, 0.2) is 14.5 Å². The molecule has 31 heavy (non-hydrogen) atoms. The molecule has 1 atom stereocenters. The van der Waals surface area contributed by atoms with E-state index in [9.17, 15) is 31.6 Å². The number of allylic oxidation sites excluding steroid dienone is 2. The van der Waals surface area contributed by atoms with Crippen LogP contribution in [0.1, 0.15) is 26.7 Å². The number of thioether (sulfide) groups is 1. The molecular weight excluding hydrogens is 475 g/mol. The van der Waals surface area contributed by atoms with E-state index >= 15 is 0 Å². The van der Waals surface area contributed by atoms with Crippen molar-refractivity contribution >= 4 is 36.1 Å². The van der Waals surface area contributed by atoms with Crippen LogP contribution in [0.25, 0.3) is 0 Å². The second-order valence-electron chi connectivity index (χ2n) is 7.53. The number of nitrogens with zero attached hydrogens (tertiary/aromatic N) is 1. The molecule has 0 aliphatic carbocycles. The number of hydrogen-bond donors (Lipinski definition) is 2. The number of alkyl halides is 3. The van der Waals surface area contributed by atoms with Gasteiger partial charge in [-0.25, -0.2) is 4.18 Å². The van der Waals surface area contributed by atoms with E-state index in [1.54, 1.807) is 0 Å². The number of rotatable bonds is 11. The van der Waals surface area contributed by atoms with E-state index in [2.05, 4.69) is 36.4 Å². The van der Waals surface area contributed by atoms with Gasteiger partial charge in [-0.15, -0.1) is 0 Å². The Balaban J connectivity index is 3.06. The summed E-state index contributed by atoms with van der Waals surface area (Å²) in [5.41, 5.74) is 0.235. The summed E-state index contributed by atoms with van der Waals surface area (Å²) in [4.78, 5) is 11.1. The number of carbonyl (C=O) groups excluding carboxylic acids is 1. The third kappa shape index (κ3) is 8.15. The monoisotopic (exact) mass is 501 g/mol. The molecule has 8 nitrogen and oxygen atoms in total. The minimum Gasteiger partial charge on any atom is -0.417 e. The van der Waals surface area contributed by atoms with E-state index in [0.717, 1.165) is 17.8 Å². The van der Waals surface area contributed by atoms with Crippen LogP contribution in [0.4, 0.5) is 13.2 Å². The molecule has 1 aliphatic heterocycles. The topological polar surface area (TPSA) is 132 Å². The molecule has 1 rings (SSSR count). The fourth-order valence-corrected chi connectivity index (χ4v) is 4.55. The summed E-state index contributed by atoms with van der Waals surface area (Å²) in [6, 6.07) is 1.93. The molecule has 1 amide bonds. The third-order valence-corrected chi connectivity index (χ3v) is 10.4. The number of hydrogen-bond acceptors (Lipinski definition) is 8. The highest BCUT2D eigenvalue weighted by molar-refractivity contribution is 8.03. The van der Waals surface area contributed by atoms with E-state index in [1.807, 2.05) is 6.07 Å². The van der Waals surface area contributed by atoms with Crippen LogP contribution < -0.4 is 11.1 Å². The quantitative estimate of drug-likeness (QED) is 0.191. The summed E-state index contributed by atoms with van der Waals surface area (Å²) in [7, 11) is -7.78. The van der Waals surface area contributed by atoms with Crippen molar-refractivity contribution in [2.75, 3.05) is 12.4 Å². The third-order valence-electron chi connectivity index (χ3n) is 4.61. The van der Waals surface area contributed by atoms with Gasteiger partial charge in [-0.1, -0.05) is 25.6 Å². The second-order valence-corrected chi connectivity index (χ2v) is 14.7. The van der Waals surface area contributed by atoms with Gasteiger partial charge in [0.2, 0.25) is 5.91 Å². The summed E-state index contributed by atoms with van der Waals surface area (Å²) in [5, 5.41) is 11.9. The highest BCUT2D eigenvalue weighted by atomic mass is 32.2. The standard InChI is InChI=1S/C17H26F3N3O5S2Si/c1-11(2)31(3,4)27-7-5-6-12-8-15(28-30(25,26)17(18,19)20)23-16(13(12)9-21)29-10-14(22)24/h8,11,15,23H,5-7,10H2,1-4H3,(H2,22,24). The fraction of sp³-hybridized carbons (Fsp3) is 0.647. The van der Waals surface area contributed by atoms with Crippen LogP contribution in [-0.4, -0.2) is 46.7 Å². The van der Waals surface area contributed by atoms with Gasteiger partial charge in [0.25, 0.3) is 0 Å². The first kappa shape index (κ1) is 27.5. The molecule has 14 heteroatoms. The van der Waals surface area contributed by atoms with Crippen LogP contribution in [0, 0.1) is 11.3 Å². The van der Waals surface area contributed by atoms with Gasteiger partial charge >= 0.3 is 15.6 Å². The highest BCUT2D eigenvalue weighted by Crippen LogP contribution is 2.32. The van der Waals surface area contributed by atoms with Crippen LogP contribution in [-0.2, 0) is 23.5 Å². The molecule has 3 N–H and O–H groups in total. The average molecular weight is 502 g/mol. The summed E-state index contributed by atoms with van der Waals surface area (Å²) < 4.78 is 71.1. The maximum Gasteiger partial charge on any atom is 0.523 e. The van der Waals surface area contributed by atoms with Crippen molar-refractivity contribution in [2.24, 2.45) is 5.73 Å². The van der Waals surface area contributed by atoms with Gasteiger partial charge < -0.3 is 15.5 Å². The molecule has 0 aromatic carbocycles. The van der Waals surface area contributed by atoms with Gasteiger partial charge in [-0.3, -0.25) is 4.79 Å². The van der Waals surface area contributed by atoms with E-state index in [1.165, 1.54) is 0 Å². The van der Waals surface area contributed by atoms with Crippen LogP contribution >= 0.6 is 11.8 Å². The number of nitriles is 1. The first-order valence-electron chi connectivity index (χ1n) is 9.27. The summed E-state index contributed by atoms with van der Waals surface area (Å²) in [6.07, 6.45) is 0.101. The summed E-state index contributed by atoms with van der Waals surface area (Å²) >= 11 is 0.777. The Hall–Kier alpha value is -1.53. The van der Waals surface area contributed by atoms with E-state index in [4.69, 9.17) is 10.2 Å². The summed E-state index contributed by atoms with van der Waals surface area (Å²) in [5.74, 6) is -0.987. The van der Waals surface area contributed by atoms with Crippen molar-refractivity contribution < 1.29 is 35.0 Å². The van der Waals surface area contributed by atoms with Crippen molar-refractivity contribution in [3.05, 3.63) is 22.3 Å². The van der Waals surface area contributed by atoms with Crippen LogP contribution in [0.2, 0.25) is 18.6 Å². The smallest absolute Gasteiger partial charge is 0.417 e. The highest BCUT2D eigenvalue weighted by Gasteiger charge is 2.49. The maximum atomic E-state index is 12.7. The summed E-state index contributed by atoms with van der Waals surface area (Å²) in [6.45, 7) is 8.61. The molecule has 0 radical (unpaired) electrons. The lowest BCUT2D eigenvalue weighted by Gasteiger charge is -2.28. The molecule has 1 aliphatic rings. The van der Waals surface area contributed by atoms with Crippen LogP contribution in [0.3, 0.4) is 0 Å². The van der Waals surface area contributed by atoms with Crippen molar-refractivity contribution in [3.63, 3.8) is 0 Å². The average Bonchev–Trinajstić information content (AvgIpc) is 2.61. The van der Waals surface area contributed by atoms with Gasteiger partial charge in [0.1, 0.15) is 6.07 Å². The minimum atomic E-state index is -5.89. The molecule has 0 saturated heterocycles. The van der Waals surface area contributed by atoms with Gasteiger partial charge in [-0.05, 0) is 43.1 Å². The van der Waals surface area contributed by atoms with Gasteiger partial charge in [0, 0.05) is 6.61 Å². The number of dihydropyridines is 1. The first-order valence-corrected chi connectivity index (χ1v) is 14.6.